The molecule has 0 radical (unpaired) electrons. The van der Waals surface area contributed by atoms with Crippen molar-refractivity contribution in [2.24, 2.45) is 0 Å². The highest BCUT2D eigenvalue weighted by Crippen LogP contribution is 2.37. The molecule has 6 aromatic heterocycles. The molecule has 6 heterocycles. The van der Waals surface area contributed by atoms with Crippen LogP contribution in [0, 0.1) is 0 Å². The monoisotopic (exact) mass is 755 g/mol. The second-order valence-electron chi connectivity index (χ2n) is 14.8. The average Bonchev–Trinajstić information content (AvgIpc) is 3.98. The van der Waals surface area contributed by atoms with Crippen molar-refractivity contribution in [2.45, 2.75) is 0 Å². The summed E-state index contributed by atoms with van der Waals surface area (Å²) in [6, 6.07) is 65.5. The van der Waals surface area contributed by atoms with Crippen LogP contribution in [0.25, 0.3) is 106 Å². The Morgan fingerprint density at radius 1 is 0.305 bits per heavy atom. The smallest absolute Gasteiger partial charge is 0.145 e. The Bertz CT molecular complexity index is 3290. The van der Waals surface area contributed by atoms with E-state index in [9.17, 15) is 0 Å². The van der Waals surface area contributed by atoms with Crippen LogP contribution in [0.5, 0.6) is 0 Å². The lowest BCUT2D eigenvalue weighted by Crippen LogP contribution is -2.01. The fourth-order valence-corrected chi connectivity index (χ4v) is 8.78. The van der Waals surface area contributed by atoms with Gasteiger partial charge in [0.1, 0.15) is 5.82 Å². The number of fused-ring (bicyclic) bond motifs is 7. The molecular weight excluding hydrogens is 723 g/mol. The Labute approximate surface area is 338 Å². The molecule has 0 saturated carbocycles. The number of hydrogen-bond donors (Lipinski definition) is 0. The Morgan fingerprint density at radius 3 is 1.22 bits per heavy atom. The van der Waals surface area contributed by atoms with E-state index in [1.54, 1.807) is 0 Å². The van der Waals surface area contributed by atoms with Gasteiger partial charge >= 0.3 is 0 Å². The zero-order valence-corrected chi connectivity index (χ0v) is 31.7. The minimum absolute atomic E-state index is 0.718. The maximum Gasteiger partial charge on any atom is 0.145 e. The standard InChI is InChI=1S/C52H33N7/c1-2-14-35(15-3-1)59-51-25-13-8-20-42(51)56-52(59)34-30-45(43-32-36(26-28-53-43)57-47-21-9-4-16-38(47)39-17-5-10-22-48(39)57)55-46(31-34)44-33-37(27-29-54-44)58-49-23-11-6-18-40(49)41-19-7-12-24-50(41)58/h1-33H. The van der Waals surface area contributed by atoms with Crippen molar-refractivity contribution in [1.82, 2.24) is 33.6 Å². The molecule has 0 bridgehead atoms. The molecule has 0 spiro atoms. The first-order valence-corrected chi connectivity index (χ1v) is 19.7. The molecule has 276 valence electrons. The van der Waals surface area contributed by atoms with Crippen LogP contribution in [0.2, 0.25) is 0 Å². The number of nitrogens with zero attached hydrogens (tertiary/aromatic N) is 7. The minimum Gasteiger partial charge on any atom is -0.309 e. The molecule has 59 heavy (non-hydrogen) atoms. The number of hydrogen-bond acceptors (Lipinski definition) is 4. The second kappa shape index (κ2) is 13.2. The molecular formula is C52H33N7. The maximum absolute atomic E-state index is 5.37. The highest BCUT2D eigenvalue weighted by Gasteiger charge is 2.20. The van der Waals surface area contributed by atoms with Crippen LogP contribution >= 0.6 is 0 Å². The van der Waals surface area contributed by atoms with Gasteiger partial charge in [-0.1, -0.05) is 103 Å². The van der Waals surface area contributed by atoms with Crippen molar-refractivity contribution in [1.29, 1.82) is 0 Å². The van der Waals surface area contributed by atoms with Gasteiger partial charge < -0.3 is 9.13 Å². The second-order valence-corrected chi connectivity index (χ2v) is 14.8. The van der Waals surface area contributed by atoms with Crippen molar-refractivity contribution in [3.05, 3.63) is 200 Å². The largest absolute Gasteiger partial charge is 0.309 e. The van der Waals surface area contributed by atoms with Crippen LogP contribution in [0.1, 0.15) is 0 Å². The fourth-order valence-electron chi connectivity index (χ4n) is 8.78. The van der Waals surface area contributed by atoms with Crippen molar-refractivity contribution in [3.63, 3.8) is 0 Å². The summed E-state index contributed by atoms with van der Waals surface area (Å²) in [6.45, 7) is 0. The van der Waals surface area contributed by atoms with Crippen molar-refractivity contribution in [3.8, 4) is 51.2 Å². The molecule has 7 heteroatoms. The van der Waals surface area contributed by atoms with Crippen molar-refractivity contribution < 1.29 is 0 Å². The summed E-state index contributed by atoms with van der Waals surface area (Å²) in [5, 5.41) is 4.83. The predicted molar refractivity (Wildman–Crippen MR) is 239 cm³/mol. The van der Waals surface area contributed by atoms with Gasteiger partial charge in [0.15, 0.2) is 0 Å². The van der Waals surface area contributed by atoms with E-state index in [4.69, 9.17) is 19.9 Å². The van der Waals surface area contributed by atoms with Crippen LogP contribution in [0.4, 0.5) is 0 Å². The summed E-state index contributed by atoms with van der Waals surface area (Å²) in [6.07, 6.45) is 3.76. The quantitative estimate of drug-likeness (QED) is 0.169. The predicted octanol–water partition coefficient (Wildman–Crippen LogP) is 12.4. The molecule has 0 fully saturated rings. The SMILES string of the molecule is c1ccc(-n2c(-c3cc(-c4cc(-n5c6ccccc6c6ccccc65)ccn4)nc(-c4cc(-n5c6ccccc6c6ccccc65)ccn4)c3)nc3ccccc32)cc1. The van der Waals surface area contributed by atoms with Gasteiger partial charge in [-0.2, -0.15) is 0 Å². The molecule has 0 aliphatic carbocycles. The van der Waals surface area contributed by atoms with E-state index in [1.165, 1.54) is 21.5 Å². The van der Waals surface area contributed by atoms with Gasteiger partial charge in [-0.3, -0.25) is 14.5 Å². The molecule has 6 aromatic carbocycles. The van der Waals surface area contributed by atoms with Gasteiger partial charge in [-0.25, -0.2) is 9.97 Å². The lowest BCUT2D eigenvalue weighted by molar-refractivity contribution is 1.10. The third kappa shape index (κ3) is 5.29. The third-order valence-corrected chi connectivity index (χ3v) is 11.3. The molecule has 0 unspecified atom stereocenters. The van der Waals surface area contributed by atoms with Crippen LogP contribution in [-0.2, 0) is 0 Å². The van der Waals surface area contributed by atoms with Gasteiger partial charge in [0, 0.05) is 56.6 Å². The van der Waals surface area contributed by atoms with E-state index < -0.39 is 0 Å². The first-order valence-electron chi connectivity index (χ1n) is 19.7. The highest BCUT2D eigenvalue weighted by atomic mass is 15.1. The van der Waals surface area contributed by atoms with Gasteiger partial charge in [0.05, 0.1) is 55.9 Å². The van der Waals surface area contributed by atoms with E-state index in [0.29, 0.717) is 0 Å². The van der Waals surface area contributed by atoms with E-state index in [1.807, 2.05) is 24.5 Å². The van der Waals surface area contributed by atoms with Crippen LogP contribution in [0.15, 0.2) is 200 Å². The summed E-state index contributed by atoms with van der Waals surface area (Å²) in [4.78, 5) is 20.6. The number of para-hydroxylation sites is 7. The zero-order chi connectivity index (χ0) is 38.9. The molecule has 0 amide bonds. The topological polar surface area (TPSA) is 66.3 Å². The zero-order valence-electron chi connectivity index (χ0n) is 31.7. The number of imidazole rings is 1. The Balaban J connectivity index is 1.09. The molecule has 0 atom stereocenters. The Kier molecular flexibility index (Phi) is 7.40. The highest BCUT2D eigenvalue weighted by molar-refractivity contribution is 6.10. The van der Waals surface area contributed by atoms with Crippen LogP contribution in [0.3, 0.4) is 0 Å². The molecule has 12 rings (SSSR count). The van der Waals surface area contributed by atoms with Crippen molar-refractivity contribution in [2.75, 3.05) is 0 Å². The molecule has 0 saturated heterocycles. The summed E-state index contributed by atoms with van der Waals surface area (Å²) < 4.78 is 6.85. The van der Waals surface area contributed by atoms with Gasteiger partial charge in [-0.05, 0) is 84.9 Å². The Morgan fingerprint density at radius 2 is 0.729 bits per heavy atom. The van der Waals surface area contributed by atoms with Gasteiger partial charge in [0.2, 0.25) is 0 Å². The lowest BCUT2D eigenvalue weighted by Gasteiger charge is -2.14. The molecule has 0 N–H and O–H groups in total. The average molecular weight is 756 g/mol. The molecule has 7 nitrogen and oxygen atoms in total. The number of rotatable bonds is 6. The van der Waals surface area contributed by atoms with Crippen molar-refractivity contribution >= 4 is 54.6 Å². The Hall–Kier alpha value is -8.16. The lowest BCUT2D eigenvalue weighted by atomic mass is 10.1. The molecule has 0 aliphatic heterocycles. The van der Waals surface area contributed by atoms with E-state index in [-0.39, 0.29) is 0 Å². The van der Waals surface area contributed by atoms with Gasteiger partial charge in [0.25, 0.3) is 0 Å². The van der Waals surface area contributed by atoms with Crippen LogP contribution in [-0.4, -0.2) is 33.6 Å². The van der Waals surface area contributed by atoms with E-state index >= 15 is 0 Å². The normalized spacial score (nSPS) is 11.7. The maximum atomic E-state index is 5.37. The minimum atomic E-state index is 0.718. The molecule has 0 aliphatic rings. The summed E-state index contributed by atoms with van der Waals surface area (Å²) in [5.74, 6) is 0.805. The number of pyridine rings is 3. The summed E-state index contributed by atoms with van der Waals surface area (Å²) in [5.41, 5.74) is 13.3. The number of benzene rings is 6. The summed E-state index contributed by atoms with van der Waals surface area (Å²) >= 11 is 0. The first kappa shape index (κ1) is 33.0. The first-order chi connectivity index (χ1) is 29.3. The number of aromatic nitrogens is 7. The van der Waals surface area contributed by atoms with Gasteiger partial charge in [-0.15, -0.1) is 0 Å². The molecule has 12 aromatic rings. The van der Waals surface area contributed by atoms with Crippen LogP contribution < -0.4 is 0 Å². The van der Waals surface area contributed by atoms with E-state index in [2.05, 4.69) is 190 Å². The third-order valence-electron chi connectivity index (χ3n) is 11.3. The summed E-state index contributed by atoms with van der Waals surface area (Å²) in [7, 11) is 0. The fraction of sp³-hybridized carbons (Fsp3) is 0. The van der Waals surface area contributed by atoms with E-state index in [0.717, 1.165) is 84.3 Å².